The van der Waals surface area contributed by atoms with Crippen molar-refractivity contribution in [3.05, 3.63) is 29.8 Å². The third-order valence-electron chi connectivity index (χ3n) is 2.18. The molecule has 4 nitrogen and oxygen atoms in total. The quantitative estimate of drug-likeness (QED) is 0.542. The Labute approximate surface area is 107 Å². The molecule has 1 aromatic rings. The standard InChI is InChI=1S/C12H18N2O2S/c1-15-8-9-16-7-6-14-11-4-2-10(3-5-11)12(13)17/h2-5,14H,6-9H2,1H3,(H2,13,17). The van der Waals surface area contributed by atoms with Gasteiger partial charge in [-0.05, 0) is 24.3 Å². The summed E-state index contributed by atoms with van der Waals surface area (Å²) in [7, 11) is 1.66. The highest BCUT2D eigenvalue weighted by atomic mass is 32.1. The first-order valence-electron chi connectivity index (χ1n) is 5.44. The van der Waals surface area contributed by atoms with E-state index in [1.165, 1.54) is 0 Å². The van der Waals surface area contributed by atoms with E-state index >= 15 is 0 Å². The lowest BCUT2D eigenvalue weighted by Crippen LogP contribution is -2.12. The van der Waals surface area contributed by atoms with E-state index in [-0.39, 0.29) is 0 Å². The van der Waals surface area contributed by atoms with Gasteiger partial charge in [-0.25, -0.2) is 0 Å². The molecule has 0 saturated heterocycles. The van der Waals surface area contributed by atoms with Crippen molar-refractivity contribution in [2.75, 3.05) is 38.8 Å². The van der Waals surface area contributed by atoms with Crippen molar-refractivity contribution in [3.8, 4) is 0 Å². The predicted octanol–water partition coefficient (Wildman–Crippen LogP) is 1.40. The van der Waals surface area contributed by atoms with Gasteiger partial charge < -0.3 is 20.5 Å². The molecule has 3 N–H and O–H groups in total. The van der Waals surface area contributed by atoms with Crippen molar-refractivity contribution in [1.29, 1.82) is 0 Å². The maximum Gasteiger partial charge on any atom is 0.103 e. The van der Waals surface area contributed by atoms with Gasteiger partial charge in [0.15, 0.2) is 0 Å². The molecule has 0 spiro atoms. The summed E-state index contributed by atoms with van der Waals surface area (Å²) in [4.78, 5) is 0.416. The van der Waals surface area contributed by atoms with E-state index in [1.54, 1.807) is 7.11 Å². The molecule has 0 bridgehead atoms. The van der Waals surface area contributed by atoms with Crippen molar-refractivity contribution in [2.45, 2.75) is 0 Å². The number of nitrogens with two attached hydrogens (primary N) is 1. The molecule has 0 fully saturated rings. The summed E-state index contributed by atoms with van der Waals surface area (Å²) in [6.45, 7) is 2.66. The molecular weight excluding hydrogens is 236 g/mol. The largest absolute Gasteiger partial charge is 0.389 e. The molecule has 0 aliphatic carbocycles. The van der Waals surface area contributed by atoms with Crippen LogP contribution in [0.5, 0.6) is 0 Å². The number of ether oxygens (including phenoxy) is 2. The number of rotatable bonds is 8. The van der Waals surface area contributed by atoms with Crippen LogP contribution in [0.2, 0.25) is 0 Å². The van der Waals surface area contributed by atoms with Gasteiger partial charge in [-0.1, -0.05) is 12.2 Å². The van der Waals surface area contributed by atoms with Crippen LogP contribution < -0.4 is 11.1 Å². The van der Waals surface area contributed by atoms with Gasteiger partial charge in [0.05, 0.1) is 19.8 Å². The second-order valence-corrected chi connectivity index (χ2v) is 3.91. The molecule has 17 heavy (non-hydrogen) atoms. The zero-order valence-corrected chi connectivity index (χ0v) is 10.8. The highest BCUT2D eigenvalue weighted by molar-refractivity contribution is 7.80. The SMILES string of the molecule is COCCOCCNc1ccc(C(N)=S)cc1. The molecule has 0 aliphatic rings. The molecule has 0 aromatic heterocycles. The summed E-state index contributed by atoms with van der Waals surface area (Å²) < 4.78 is 10.2. The molecule has 94 valence electrons. The minimum Gasteiger partial charge on any atom is -0.389 e. The molecule has 0 heterocycles. The van der Waals surface area contributed by atoms with E-state index in [2.05, 4.69) is 5.32 Å². The topological polar surface area (TPSA) is 56.5 Å². The van der Waals surface area contributed by atoms with E-state index in [9.17, 15) is 0 Å². The summed E-state index contributed by atoms with van der Waals surface area (Å²) in [5.74, 6) is 0. The van der Waals surface area contributed by atoms with Crippen LogP contribution in [-0.2, 0) is 9.47 Å². The molecule has 0 radical (unpaired) electrons. The Kier molecular flexibility index (Phi) is 6.54. The Morgan fingerprint density at radius 3 is 2.53 bits per heavy atom. The molecule has 0 aliphatic heterocycles. The fourth-order valence-corrected chi connectivity index (χ4v) is 1.40. The number of thiocarbonyl (C=S) groups is 1. The highest BCUT2D eigenvalue weighted by Crippen LogP contribution is 2.08. The maximum atomic E-state index is 5.51. The summed E-state index contributed by atoms with van der Waals surface area (Å²) in [6.07, 6.45) is 0. The van der Waals surface area contributed by atoms with Crippen LogP contribution in [0.3, 0.4) is 0 Å². The van der Waals surface area contributed by atoms with Crippen LogP contribution in [0.25, 0.3) is 0 Å². The molecule has 0 amide bonds. The minimum absolute atomic E-state index is 0.416. The predicted molar refractivity (Wildman–Crippen MR) is 73.5 cm³/mol. The fraction of sp³-hybridized carbons (Fsp3) is 0.417. The number of methoxy groups -OCH3 is 1. The lowest BCUT2D eigenvalue weighted by Gasteiger charge is -2.07. The second kappa shape index (κ2) is 8.00. The zero-order chi connectivity index (χ0) is 12.5. The van der Waals surface area contributed by atoms with Crippen LogP contribution >= 0.6 is 12.2 Å². The average Bonchev–Trinajstić information content (AvgIpc) is 2.34. The summed E-state index contributed by atoms with van der Waals surface area (Å²) in [5, 5.41) is 3.24. The number of hydrogen-bond donors (Lipinski definition) is 2. The maximum absolute atomic E-state index is 5.51. The van der Waals surface area contributed by atoms with E-state index in [4.69, 9.17) is 27.4 Å². The first kappa shape index (κ1) is 13.9. The highest BCUT2D eigenvalue weighted by Gasteiger charge is 1.96. The van der Waals surface area contributed by atoms with E-state index < -0.39 is 0 Å². The average molecular weight is 254 g/mol. The van der Waals surface area contributed by atoms with Crippen LogP contribution in [0.4, 0.5) is 5.69 Å². The van der Waals surface area contributed by atoms with Crippen LogP contribution in [0.1, 0.15) is 5.56 Å². The number of hydrogen-bond acceptors (Lipinski definition) is 4. The van der Waals surface area contributed by atoms with Crippen LogP contribution in [-0.4, -0.2) is 38.5 Å². The van der Waals surface area contributed by atoms with Gasteiger partial charge in [-0.2, -0.15) is 0 Å². The van der Waals surface area contributed by atoms with Gasteiger partial charge in [0.25, 0.3) is 0 Å². The lowest BCUT2D eigenvalue weighted by molar-refractivity contribution is 0.0759. The van der Waals surface area contributed by atoms with Gasteiger partial charge >= 0.3 is 0 Å². The minimum atomic E-state index is 0.416. The zero-order valence-electron chi connectivity index (χ0n) is 9.94. The van der Waals surface area contributed by atoms with Crippen molar-refractivity contribution in [3.63, 3.8) is 0 Å². The van der Waals surface area contributed by atoms with Gasteiger partial charge in [-0.3, -0.25) is 0 Å². The van der Waals surface area contributed by atoms with Crippen LogP contribution in [0, 0.1) is 0 Å². The van der Waals surface area contributed by atoms with E-state index in [0.717, 1.165) is 17.8 Å². The molecule has 0 unspecified atom stereocenters. The Morgan fingerprint density at radius 2 is 1.94 bits per heavy atom. The molecule has 0 atom stereocenters. The summed E-state index contributed by atoms with van der Waals surface area (Å²) in [5.41, 5.74) is 7.42. The Hall–Kier alpha value is -1.17. The van der Waals surface area contributed by atoms with E-state index in [0.29, 0.717) is 24.8 Å². The molecule has 1 rings (SSSR count). The summed E-state index contributed by atoms with van der Waals surface area (Å²) >= 11 is 4.88. The Morgan fingerprint density at radius 1 is 1.24 bits per heavy atom. The molecule has 0 saturated carbocycles. The molecular formula is C12H18N2O2S. The summed E-state index contributed by atoms with van der Waals surface area (Å²) in [6, 6.07) is 7.69. The fourth-order valence-electron chi connectivity index (χ4n) is 1.26. The molecule has 5 heteroatoms. The normalized spacial score (nSPS) is 10.2. The molecule has 1 aromatic carbocycles. The number of anilines is 1. The van der Waals surface area contributed by atoms with Gasteiger partial charge in [0.1, 0.15) is 4.99 Å². The van der Waals surface area contributed by atoms with E-state index in [1.807, 2.05) is 24.3 Å². The van der Waals surface area contributed by atoms with Crippen molar-refractivity contribution in [2.24, 2.45) is 5.73 Å². The van der Waals surface area contributed by atoms with Gasteiger partial charge in [0.2, 0.25) is 0 Å². The third-order valence-corrected chi connectivity index (χ3v) is 2.41. The van der Waals surface area contributed by atoms with Crippen molar-refractivity contribution < 1.29 is 9.47 Å². The monoisotopic (exact) mass is 254 g/mol. The first-order valence-corrected chi connectivity index (χ1v) is 5.85. The number of benzene rings is 1. The third kappa shape index (κ3) is 5.63. The van der Waals surface area contributed by atoms with Gasteiger partial charge in [0, 0.05) is 24.9 Å². The van der Waals surface area contributed by atoms with Gasteiger partial charge in [-0.15, -0.1) is 0 Å². The Balaban J connectivity index is 2.21. The smallest absolute Gasteiger partial charge is 0.103 e. The van der Waals surface area contributed by atoms with Crippen molar-refractivity contribution in [1.82, 2.24) is 0 Å². The Bertz CT molecular complexity index is 341. The lowest BCUT2D eigenvalue weighted by atomic mass is 10.2. The van der Waals surface area contributed by atoms with Crippen LogP contribution in [0.15, 0.2) is 24.3 Å². The number of nitrogens with one attached hydrogen (secondary N) is 1. The first-order chi connectivity index (χ1) is 8.24. The van der Waals surface area contributed by atoms with Crippen molar-refractivity contribution >= 4 is 22.9 Å². The second-order valence-electron chi connectivity index (χ2n) is 3.47.